The van der Waals surface area contributed by atoms with E-state index in [1.165, 1.54) is 5.56 Å². The van der Waals surface area contributed by atoms with Crippen molar-refractivity contribution in [3.8, 4) is 23.5 Å². The zero-order valence-corrected chi connectivity index (χ0v) is 20.6. The molecule has 1 amide bonds. The first-order valence-electron chi connectivity index (χ1n) is 12.5. The van der Waals surface area contributed by atoms with Gasteiger partial charge < -0.3 is 23.4 Å². The number of anilines is 1. The van der Waals surface area contributed by atoms with Crippen molar-refractivity contribution >= 4 is 11.8 Å². The van der Waals surface area contributed by atoms with Crippen molar-refractivity contribution in [3.63, 3.8) is 0 Å². The minimum absolute atomic E-state index is 0.00472. The zero-order chi connectivity index (χ0) is 24.9. The lowest BCUT2D eigenvalue weighted by molar-refractivity contribution is -0.138. The topological polar surface area (TPSA) is 99.0 Å². The van der Waals surface area contributed by atoms with Crippen LogP contribution in [-0.2, 0) is 11.2 Å². The molecule has 0 N–H and O–H groups in total. The fourth-order valence-corrected chi connectivity index (χ4v) is 4.96. The molecule has 36 heavy (non-hydrogen) atoms. The van der Waals surface area contributed by atoms with Crippen molar-refractivity contribution in [2.24, 2.45) is 5.92 Å². The van der Waals surface area contributed by atoms with Crippen LogP contribution in [0.4, 0.5) is 5.88 Å². The number of piperidine rings is 1. The predicted octanol–water partition coefficient (Wildman–Crippen LogP) is 3.42. The maximum absolute atomic E-state index is 13.2. The molecule has 0 aliphatic carbocycles. The van der Waals surface area contributed by atoms with E-state index in [-0.39, 0.29) is 17.5 Å². The minimum atomic E-state index is 0.00472. The standard InChI is InChI=1S/C27H31N5O4/c1-34-22-6-4-20(5-7-22)8-11-30-14-16-31(17-15-30)26(33)21-9-12-32(13-10-21)27-23(19-28)29-25(36-27)24-3-2-18-35-24/h2-7,18,21H,8-17H2,1H3. The molecule has 4 heterocycles. The summed E-state index contributed by atoms with van der Waals surface area (Å²) < 4.78 is 16.4. The molecular formula is C27H31N5O4. The van der Waals surface area contributed by atoms with Gasteiger partial charge >= 0.3 is 0 Å². The average Bonchev–Trinajstić information content (AvgIpc) is 3.62. The van der Waals surface area contributed by atoms with Crippen LogP contribution in [0.25, 0.3) is 11.7 Å². The molecular weight excluding hydrogens is 458 g/mol. The number of carbonyl (C=O) groups is 1. The van der Waals surface area contributed by atoms with Gasteiger partial charge in [-0.2, -0.15) is 10.2 Å². The number of nitrogens with zero attached hydrogens (tertiary/aromatic N) is 5. The van der Waals surface area contributed by atoms with Crippen LogP contribution in [0.2, 0.25) is 0 Å². The molecule has 0 saturated carbocycles. The van der Waals surface area contributed by atoms with E-state index in [0.29, 0.717) is 30.6 Å². The van der Waals surface area contributed by atoms with E-state index in [4.69, 9.17) is 13.6 Å². The number of methoxy groups -OCH3 is 1. The second-order valence-corrected chi connectivity index (χ2v) is 9.29. The Bertz CT molecular complexity index is 1180. The van der Waals surface area contributed by atoms with E-state index in [0.717, 1.165) is 57.7 Å². The molecule has 3 aromatic rings. The molecule has 2 aromatic heterocycles. The first kappa shape index (κ1) is 23.9. The summed E-state index contributed by atoms with van der Waals surface area (Å²) in [6, 6.07) is 13.8. The Morgan fingerprint density at radius 2 is 1.86 bits per heavy atom. The van der Waals surface area contributed by atoms with Gasteiger partial charge in [-0.25, -0.2) is 0 Å². The number of hydrogen-bond acceptors (Lipinski definition) is 8. The molecule has 1 aromatic carbocycles. The van der Waals surface area contributed by atoms with Gasteiger partial charge in [0.05, 0.1) is 13.4 Å². The SMILES string of the molecule is COc1ccc(CCN2CCN(C(=O)C3CCN(c4oc(-c5ccco5)nc4C#N)CC3)CC2)cc1. The summed E-state index contributed by atoms with van der Waals surface area (Å²) in [5, 5.41) is 9.52. The lowest BCUT2D eigenvalue weighted by Crippen LogP contribution is -2.51. The van der Waals surface area contributed by atoms with E-state index in [2.05, 4.69) is 28.1 Å². The molecule has 9 heteroatoms. The van der Waals surface area contributed by atoms with E-state index in [9.17, 15) is 10.1 Å². The normalized spacial score (nSPS) is 17.2. The van der Waals surface area contributed by atoms with Crippen LogP contribution in [-0.4, -0.2) is 73.6 Å². The van der Waals surface area contributed by atoms with Crippen LogP contribution in [0.1, 0.15) is 24.1 Å². The lowest BCUT2D eigenvalue weighted by Gasteiger charge is -2.38. The Hall–Kier alpha value is -3.77. The number of hydrogen-bond donors (Lipinski definition) is 0. The number of carbonyl (C=O) groups excluding carboxylic acids is 1. The summed E-state index contributed by atoms with van der Waals surface area (Å²) in [6.07, 6.45) is 4.00. The predicted molar refractivity (Wildman–Crippen MR) is 134 cm³/mol. The van der Waals surface area contributed by atoms with Crippen molar-refractivity contribution in [1.29, 1.82) is 5.26 Å². The van der Waals surface area contributed by atoms with Gasteiger partial charge in [0, 0.05) is 51.7 Å². The minimum Gasteiger partial charge on any atom is -0.497 e. The second kappa shape index (κ2) is 10.9. The lowest BCUT2D eigenvalue weighted by atomic mass is 9.95. The molecule has 188 valence electrons. The Balaban J connectivity index is 1.09. The molecule has 2 fully saturated rings. The summed E-state index contributed by atoms with van der Waals surface area (Å²) in [5.41, 5.74) is 1.54. The number of benzene rings is 1. The van der Waals surface area contributed by atoms with E-state index in [1.54, 1.807) is 25.5 Å². The maximum atomic E-state index is 13.2. The zero-order valence-electron chi connectivity index (χ0n) is 20.6. The Labute approximate surface area is 210 Å². The number of furan rings is 1. The van der Waals surface area contributed by atoms with Gasteiger partial charge in [-0.05, 0) is 49.1 Å². The second-order valence-electron chi connectivity index (χ2n) is 9.29. The van der Waals surface area contributed by atoms with Gasteiger partial charge in [0.1, 0.15) is 11.8 Å². The van der Waals surface area contributed by atoms with E-state index < -0.39 is 0 Å². The number of piperazine rings is 1. The Morgan fingerprint density at radius 1 is 1.11 bits per heavy atom. The molecule has 0 atom stereocenters. The Kier molecular flexibility index (Phi) is 7.23. The molecule has 9 nitrogen and oxygen atoms in total. The monoisotopic (exact) mass is 489 g/mol. The smallest absolute Gasteiger partial charge is 0.266 e. The number of rotatable bonds is 7. The van der Waals surface area contributed by atoms with Crippen LogP contribution in [0.3, 0.4) is 0 Å². The summed E-state index contributed by atoms with van der Waals surface area (Å²) in [5.74, 6) is 2.38. The average molecular weight is 490 g/mol. The van der Waals surface area contributed by atoms with Crippen LogP contribution >= 0.6 is 0 Å². The molecule has 2 aliphatic rings. The van der Waals surface area contributed by atoms with Crippen LogP contribution in [0.5, 0.6) is 5.75 Å². The van der Waals surface area contributed by atoms with Crippen molar-refractivity contribution in [1.82, 2.24) is 14.8 Å². The first-order chi connectivity index (χ1) is 17.6. The molecule has 0 bridgehead atoms. The molecule has 5 rings (SSSR count). The first-order valence-corrected chi connectivity index (χ1v) is 12.5. The van der Waals surface area contributed by atoms with Crippen molar-refractivity contribution in [3.05, 3.63) is 53.9 Å². The van der Waals surface area contributed by atoms with Crippen LogP contribution < -0.4 is 9.64 Å². The summed E-state index contributed by atoms with van der Waals surface area (Å²) in [6.45, 7) is 5.65. The third kappa shape index (κ3) is 5.24. The van der Waals surface area contributed by atoms with Crippen molar-refractivity contribution in [2.75, 3.05) is 57.8 Å². The number of oxazole rings is 1. The maximum Gasteiger partial charge on any atom is 0.266 e. The van der Waals surface area contributed by atoms with Crippen LogP contribution in [0.15, 0.2) is 51.5 Å². The van der Waals surface area contributed by atoms with Gasteiger partial charge in [-0.3, -0.25) is 9.69 Å². The van der Waals surface area contributed by atoms with Gasteiger partial charge in [0.2, 0.25) is 17.5 Å². The van der Waals surface area contributed by atoms with E-state index >= 15 is 0 Å². The van der Waals surface area contributed by atoms with Gasteiger partial charge in [0.15, 0.2) is 5.76 Å². The van der Waals surface area contributed by atoms with E-state index in [1.807, 2.05) is 21.9 Å². The highest BCUT2D eigenvalue weighted by molar-refractivity contribution is 5.79. The van der Waals surface area contributed by atoms with Gasteiger partial charge in [-0.15, -0.1) is 0 Å². The Morgan fingerprint density at radius 3 is 2.50 bits per heavy atom. The largest absolute Gasteiger partial charge is 0.497 e. The third-order valence-electron chi connectivity index (χ3n) is 7.14. The summed E-state index contributed by atoms with van der Waals surface area (Å²) >= 11 is 0. The number of ether oxygens (including phenoxy) is 1. The number of nitriles is 1. The van der Waals surface area contributed by atoms with Crippen LogP contribution in [0, 0.1) is 17.2 Å². The molecule has 2 aliphatic heterocycles. The van der Waals surface area contributed by atoms with Crippen molar-refractivity contribution < 1.29 is 18.4 Å². The fourth-order valence-electron chi connectivity index (χ4n) is 4.96. The fraction of sp³-hybridized carbons (Fsp3) is 0.444. The van der Waals surface area contributed by atoms with Crippen molar-refractivity contribution in [2.45, 2.75) is 19.3 Å². The highest BCUT2D eigenvalue weighted by Gasteiger charge is 2.32. The molecule has 0 unspecified atom stereocenters. The number of aromatic nitrogens is 1. The summed E-state index contributed by atoms with van der Waals surface area (Å²) in [7, 11) is 1.68. The third-order valence-corrected chi connectivity index (χ3v) is 7.14. The highest BCUT2D eigenvalue weighted by Crippen LogP contribution is 2.31. The number of amides is 1. The highest BCUT2D eigenvalue weighted by atomic mass is 16.5. The summed E-state index contributed by atoms with van der Waals surface area (Å²) in [4.78, 5) is 23.9. The quantitative estimate of drug-likeness (QED) is 0.498. The van der Waals surface area contributed by atoms with Gasteiger partial charge in [0.25, 0.3) is 5.89 Å². The van der Waals surface area contributed by atoms with Gasteiger partial charge in [-0.1, -0.05) is 12.1 Å². The molecule has 2 saturated heterocycles. The molecule has 0 spiro atoms. The molecule has 0 radical (unpaired) electrons.